The molecule has 4 nitrogen and oxygen atoms in total. The second kappa shape index (κ2) is 8.33. The summed E-state index contributed by atoms with van der Waals surface area (Å²) in [6.45, 7) is 8.22. The largest absolute Gasteiger partial charge is 0.338 e. The van der Waals surface area contributed by atoms with E-state index in [1.165, 1.54) is 18.4 Å². The molecule has 2 N–H and O–H groups in total. The smallest absolute Gasteiger partial charge is 0.240 e. The number of nitrogens with two attached hydrogens (primary N) is 1. The number of piperidine rings is 1. The lowest BCUT2D eigenvalue weighted by molar-refractivity contribution is -0.135. The van der Waals surface area contributed by atoms with Crippen LogP contribution in [0.15, 0.2) is 30.3 Å². The van der Waals surface area contributed by atoms with Gasteiger partial charge in [0.05, 0.1) is 6.04 Å². The molecule has 1 heterocycles. The molecule has 0 aromatic heterocycles. The molecule has 2 aliphatic rings. The monoisotopic (exact) mass is 343 g/mol. The number of benzene rings is 1. The van der Waals surface area contributed by atoms with E-state index in [0.717, 1.165) is 39.0 Å². The third-order valence-electron chi connectivity index (χ3n) is 5.58. The van der Waals surface area contributed by atoms with Gasteiger partial charge in [-0.05, 0) is 49.6 Å². The lowest BCUT2D eigenvalue weighted by atomic mass is 9.95. The molecule has 0 radical (unpaired) electrons. The van der Waals surface area contributed by atoms with Crippen LogP contribution in [0.5, 0.6) is 0 Å². The maximum Gasteiger partial charge on any atom is 0.240 e. The van der Waals surface area contributed by atoms with Crippen LogP contribution in [0.2, 0.25) is 0 Å². The molecule has 25 heavy (non-hydrogen) atoms. The zero-order valence-corrected chi connectivity index (χ0v) is 15.7. The summed E-state index contributed by atoms with van der Waals surface area (Å²) >= 11 is 0. The van der Waals surface area contributed by atoms with Crippen molar-refractivity contribution in [3.8, 4) is 0 Å². The molecule has 1 saturated carbocycles. The van der Waals surface area contributed by atoms with Gasteiger partial charge in [0, 0.05) is 25.7 Å². The van der Waals surface area contributed by atoms with E-state index in [-0.39, 0.29) is 17.9 Å². The summed E-state index contributed by atoms with van der Waals surface area (Å²) < 4.78 is 0. The molecule has 1 amide bonds. The summed E-state index contributed by atoms with van der Waals surface area (Å²) in [6.07, 6.45) is 4.74. The Kier molecular flexibility index (Phi) is 6.13. The Hall–Kier alpha value is -1.39. The first kappa shape index (κ1) is 18.4. The third kappa shape index (κ3) is 5.05. The molecule has 0 bridgehead atoms. The summed E-state index contributed by atoms with van der Waals surface area (Å²) in [5.41, 5.74) is 7.53. The van der Waals surface area contributed by atoms with E-state index in [1.54, 1.807) is 0 Å². The summed E-state index contributed by atoms with van der Waals surface area (Å²) in [5, 5.41) is 0. The van der Waals surface area contributed by atoms with Crippen molar-refractivity contribution in [2.24, 2.45) is 17.6 Å². The average molecular weight is 344 g/mol. The standard InChI is InChI=1S/C21H33N3O/c1-16(2)20(22)21(25)24(19-10-11-19)15-18-9-6-12-23(14-18)13-17-7-4-3-5-8-17/h3-5,7-8,16,18-20H,6,9-15,22H2,1-2H3. The van der Waals surface area contributed by atoms with Crippen LogP contribution in [0.4, 0.5) is 0 Å². The van der Waals surface area contributed by atoms with Crippen molar-refractivity contribution in [2.75, 3.05) is 19.6 Å². The molecule has 138 valence electrons. The quantitative estimate of drug-likeness (QED) is 0.828. The number of hydrogen-bond donors (Lipinski definition) is 1. The Morgan fingerprint density at radius 3 is 2.60 bits per heavy atom. The van der Waals surface area contributed by atoms with E-state index in [4.69, 9.17) is 5.73 Å². The molecule has 2 unspecified atom stereocenters. The number of rotatable bonds is 7. The van der Waals surface area contributed by atoms with Crippen molar-refractivity contribution in [1.82, 2.24) is 9.80 Å². The fraction of sp³-hybridized carbons (Fsp3) is 0.667. The molecule has 1 aliphatic carbocycles. The average Bonchev–Trinajstić information content (AvgIpc) is 3.44. The van der Waals surface area contributed by atoms with Crippen LogP contribution in [-0.2, 0) is 11.3 Å². The second-order valence-electron chi connectivity index (χ2n) is 8.22. The first-order chi connectivity index (χ1) is 12.0. The highest BCUT2D eigenvalue weighted by atomic mass is 16.2. The molecule has 2 atom stereocenters. The van der Waals surface area contributed by atoms with Gasteiger partial charge < -0.3 is 10.6 Å². The van der Waals surface area contributed by atoms with E-state index in [9.17, 15) is 4.79 Å². The van der Waals surface area contributed by atoms with E-state index >= 15 is 0 Å². The molecular formula is C21H33N3O. The SMILES string of the molecule is CC(C)C(N)C(=O)N(CC1CCCN(Cc2ccccc2)C1)C1CC1. The number of amides is 1. The van der Waals surface area contributed by atoms with Crippen molar-refractivity contribution >= 4 is 5.91 Å². The maximum absolute atomic E-state index is 12.8. The molecule has 1 aromatic carbocycles. The van der Waals surface area contributed by atoms with Crippen LogP contribution >= 0.6 is 0 Å². The van der Waals surface area contributed by atoms with Gasteiger partial charge in [-0.15, -0.1) is 0 Å². The summed E-state index contributed by atoms with van der Waals surface area (Å²) in [6, 6.07) is 10.8. The zero-order valence-electron chi connectivity index (χ0n) is 15.7. The summed E-state index contributed by atoms with van der Waals surface area (Å²) in [7, 11) is 0. The lowest BCUT2D eigenvalue weighted by Crippen LogP contribution is -2.50. The van der Waals surface area contributed by atoms with Gasteiger partial charge in [-0.3, -0.25) is 9.69 Å². The second-order valence-corrected chi connectivity index (χ2v) is 8.22. The van der Waals surface area contributed by atoms with Gasteiger partial charge in [0.2, 0.25) is 5.91 Å². The van der Waals surface area contributed by atoms with Gasteiger partial charge in [-0.1, -0.05) is 44.2 Å². The van der Waals surface area contributed by atoms with Crippen molar-refractivity contribution in [1.29, 1.82) is 0 Å². The van der Waals surface area contributed by atoms with E-state index in [0.29, 0.717) is 12.0 Å². The van der Waals surface area contributed by atoms with Crippen LogP contribution in [0.3, 0.4) is 0 Å². The topological polar surface area (TPSA) is 49.6 Å². The molecule has 1 aromatic rings. The summed E-state index contributed by atoms with van der Waals surface area (Å²) in [4.78, 5) is 17.5. The summed E-state index contributed by atoms with van der Waals surface area (Å²) in [5.74, 6) is 0.939. The number of carbonyl (C=O) groups excluding carboxylic acids is 1. The highest BCUT2D eigenvalue weighted by Gasteiger charge is 2.37. The maximum atomic E-state index is 12.8. The van der Waals surface area contributed by atoms with Crippen molar-refractivity contribution < 1.29 is 4.79 Å². The number of carbonyl (C=O) groups is 1. The Bertz CT molecular complexity index is 556. The van der Waals surface area contributed by atoms with E-state index < -0.39 is 0 Å². The molecule has 2 fully saturated rings. The van der Waals surface area contributed by atoms with Crippen LogP contribution < -0.4 is 5.73 Å². The number of nitrogens with zero attached hydrogens (tertiary/aromatic N) is 2. The van der Waals surface area contributed by atoms with Gasteiger partial charge >= 0.3 is 0 Å². The van der Waals surface area contributed by atoms with Gasteiger partial charge in [-0.2, -0.15) is 0 Å². The third-order valence-corrected chi connectivity index (χ3v) is 5.58. The van der Waals surface area contributed by atoms with Crippen molar-refractivity contribution in [3.63, 3.8) is 0 Å². The lowest BCUT2D eigenvalue weighted by Gasteiger charge is -2.37. The van der Waals surface area contributed by atoms with Crippen molar-refractivity contribution in [3.05, 3.63) is 35.9 Å². The van der Waals surface area contributed by atoms with E-state index in [1.807, 2.05) is 13.8 Å². The molecule has 0 spiro atoms. The molecular weight excluding hydrogens is 310 g/mol. The minimum Gasteiger partial charge on any atom is -0.338 e. The molecule has 3 rings (SSSR count). The highest BCUT2D eigenvalue weighted by molar-refractivity contribution is 5.82. The highest BCUT2D eigenvalue weighted by Crippen LogP contribution is 2.30. The van der Waals surface area contributed by atoms with Gasteiger partial charge in [0.15, 0.2) is 0 Å². The fourth-order valence-corrected chi connectivity index (χ4v) is 3.85. The van der Waals surface area contributed by atoms with Crippen LogP contribution in [0.25, 0.3) is 0 Å². The van der Waals surface area contributed by atoms with E-state index in [2.05, 4.69) is 40.1 Å². The minimum atomic E-state index is -0.357. The first-order valence-corrected chi connectivity index (χ1v) is 9.87. The van der Waals surface area contributed by atoms with Crippen LogP contribution in [0, 0.1) is 11.8 Å². The minimum absolute atomic E-state index is 0.165. The Morgan fingerprint density at radius 1 is 1.24 bits per heavy atom. The first-order valence-electron chi connectivity index (χ1n) is 9.87. The van der Waals surface area contributed by atoms with Gasteiger partial charge in [-0.25, -0.2) is 0 Å². The molecule has 1 aliphatic heterocycles. The van der Waals surface area contributed by atoms with Gasteiger partial charge in [0.25, 0.3) is 0 Å². The number of hydrogen-bond acceptors (Lipinski definition) is 3. The molecule has 1 saturated heterocycles. The van der Waals surface area contributed by atoms with Gasteiger partial charge in [0.1, 0.15) is 0 Å². The predicted octanol–water partition coefficient (Wildman–Crippen LogP) is 2.87. The van der Waals surface area contributed by atoms with Crippen LogP contribution in [0.1, 0.15) is 45.1 Å². The Morgan fingerprint density at radius 2 is 1.96 bits per heavy atom. The molecule has 4 heteroatoms. The predicted molar refractivity (Wildman–Crippen MR) is 102 cm³/mol. The zero-order chi connectivity index (χ0) is 17.8. The fourth-order valence-electron chi connectivity index (χ4n) is 3.85. The Labute approximate surface area is 152 Å². The Balaban J connectivity index is 1.57. The van der Waals surface area contributed by atoms with Crippen molar-refractivity contribution in [2.45, 2.75) is 58.2 Å². The normalized spacial score (nSPS) is 22.8. The van der Waals surface area contributed by atoms with Crippen LogP contribution in [-0.4, -0.2) is 47.4 Å². The number of likely N-dealkylation sites (tertiary alicyclic amines) is 1.